The second-order valence-electron chi connectivity index (χ2n) is 3.52. The number of carboxylic acids is 1. The van der Waals surface area contributed by atoms with Gasteiger partial charge in [0, 0.05) is 18.9 Å². The Labute approximate surface area is 108 Å². The molecule has 0 aromatic heterocycles. The molecule has 6 nitrogen and oxygen atoms in total. The average molecular weight is 261 g/mol. The van der Waals surface area contributed by atoms with Crippen molar-refractivity contribution in [1.29, 1.82) is 0 Å². The Hall–Kier alpha value is -1.11. The molecule has 0 saturated carbocycles. The van der Waals surface area contributed by atoms with Crippen molar-refractivity contribution in [3.63, 3.8) is 0 Å². The first-order chi connectivity index (χ1) is 8.56. The maximum atomic E-state index is 10.8. The molecule has 0 bridgehead atoms. The summed E-state index contributed by atoms with van der Waals surface area (Å²) in [7, 11) is 0. The van der Waals surface area contributed by atoms with E-state index in [0.717, 1.165) is 0 Å². The van der Waals surface area contributed by atoms with Crippen LogP contribution in [0.15, 0.2) is 11.3 Å². The lowest BCUT2D eigenvalue weighted by molar-refractivity contribution is -0.165. The van der Waals surface area contributed by atoms with Crippen molar-refractivity contribution in [1.82, 2.24) is 0 Å². The zero-order chi connectivity index (χ0) is 14.0. The number of hydrogen-bond acceptors (Lipinski definition) is 5. The van der Waals surface area contributed by atoms with E-state index >= 15 is 0 Å². The first-order valence-electron chi connectivity index (χ1n) is 6.08. The molecule has 0 saturated heterocycles. The number of nitrogens with two attached hydrogens (primary N) is 1. The highest BCUT2D eigenvalue weighted by atomic mass is 16.7. The first-order valence-corrected chi connectivity index (χ1v) is 6.08. The lowest BCUT2D eigenvalue weighted by atomic mass is 10.1. The fourth-order valence-electron chi connectivity index (χ4n) is 1.38. The third kappa shape index (κ3) is 6.58. The van der Waals surface area contributed by atoms with Gasteiger partial charge in [-0.2, -0.15) is 0 Å². The molecular formula is C12H23NO5. The topological polar surface area (TPSA) is 91.0 Å². The number of carboxylic acid groups (broad SMARTS) is 1. The predicted octanol–water partition coefficient (Wildman–Crippen LogP) is 1.11. The van der Waals surface area contributed by atoms with Crippen LogP contribution in [-0.4, -0.2) is 43.8 Å². The zero-order valence-corrected chi connectivity index (χ0v) is 11.3. The van der Waals surface area contributed by atoms with Gasteiger partial charge < -0.3 is 25.1 Å². The minimum absolute atomic E-state index is 0.0616. The summed E-state index contributed by atoms with van der Waals surface area (Å²) in [6, 6.07) is 0. The van der Waals surface area contributed by atoms with Gasteiger partial charge in [0.15, 0.2) is 6.29 Å². The molecule has 0 radical (unpaired) electrons. The van der Waals surface area contributed by atoms with E-state index in [0.29, 0.717) is 19.6 Å². The third-order valence-electron chi connectivity index (χ3n) is 2.22. The van der Waals surface area contributed by atoms with Crippen molar-refractivity contribution in [3.05, 3.63) is 11.3 Å². The van der Waals surface area contributed by atoms with E-state index in [2.05, 4.69) is 0 Å². The summed E-state index contributed by atoms with van der Waals surface area (Å²) in [4.78, 5) is 10.8. The van der Waals surface area contributed by atoms with Gasteiger partial charge in [-0.25, -0.2) is 4.79 Å². The Balaban J connectivity index is 4.18. The lowest BCUT2D eigenvalue weighted by Crippen LogP contribution is -2.25. The van der Waals surface area contributed by atoms with Gasteiger partial charge in [-0.05, 0) is 20.3 Å². The van der Waals surface area contributed by atoms with Crippen LogP contribution in [0, 0.1) is 0 Å². The normalized spacial score (nSPS) is 12.7. The minimum atomic E-state index is -1.01. The third-order valence-corrected chi connectivity index (χ3v) is 2.22. The first kappa shape index (κ1) is 16.9. The Kier molecular flexibility index (Phi) is 9.26. The largest absolute Gasteiger partial charge is 0.478 e. The summed E-state index contributed by atoms with van der Waals surface area (Å²) in [5.41, 5.74) is 6.07. The van der Waals surface area contributed by atoms with Crippen LogP contribution in [0.2, 0.25) is 0 Å². The molecule has 0 aromatic carbocycles. The summed E-state index contributed by atoms with van der Waals surface area (Å²) in [5, 5.41) is 8.88. The summed E-state index contributed by atoms with van der Waals surface area (Å²) in [6.45, 7) is 6.79. The van der Waals surface area contributed by atoms with Gasteiger partial charge in [-0.1, -0.05) is 6.92 Å². The van der Waals surface area contributed by atoms with E-state index in [9.17, 15) is 4.79 Å². The number of rotatable bonds is 10. The van der Waals surface area contributed by atoms with Crippen molar-refractivity contribution in [2.24, 2.45) is 5.73 Å². The van der Waals surface area contributed by atoms with E-state index < -0.39 is 12.3 Å². The van der Waals surface area contributed by atoms with E-state index in [1.165, 1.54) is 0 Å². The second kappa shape index (κ2) is 9.87. The van der Waals surface area contributed by atoms with Crippen molar-refractivity contribution < 1.29 is 24.1 Å². The average Bonchev–Trinajstić information content (AvgIpc) is 2.30. The molecule has 18 heavy (non-hydrogen) atoms. The maximum absolute atomic E-state index is 10.8. The Bertz CT molecular complexity index is 272. The smallest absolute Gasteiger partial charge is 0.333 e. The van der Waals surface area contributed by atoms with Gasteiger partial charge in [0.2, 0.25) is 0 Å². The van der Waals surface area contributed by atoms with Gasteiger partial charge >= 0.3 is 5.97 Å². The van der Waals surface area contributed by atoms with Crippen LogP contribution in [0.4, 0.5) is 0 Å². The standard InChI is InChI=1S/C12H23NO5/c1-4-9(12(14)15)10(13)7-16-8-11(17-5-2)18-6-3/h11H,4-8,13H2,1-3H3,(H,14,15)/b10-9+. The summed E-state index contributed by atoms with van der Waals surface area (Å²) in [6.07, 6.45) is -0.0760. The van der Waals surface area contributed by atoms with Crippen LogP contribution in [0.3, 0.4) is 0 Å². The zero-order valence-electron chi connectivity index (χ0n) is 11.3. The van der Waals surface area contributed by atoms with E-state index in [1.54, 1.807) is 6.92 Å². The highest BCUT2D eigenvalue weighted by Crippen LogP contribution is 2.06. The molecule has 0 heterocycles. The molecule has 0 aliphatic rings. The van der Waals surface area contributed by atoms with Crippen LogP contribution >= 0.6 is 0 Å². The van der Waals surface area contributed by atoms with Gasteiger partial charge in [-0.15, -0.1) is 0 Å². The van der Waals surface area contributed by atoms with Crippen LogP contribution in [0.1, 0.15) is 27.2 Å². The molecule has 0 aliphatic heterocycles. The molecule has 0 aliphatic carbocycles. The molecule has 0 amide bonds. The molecule has 106 valence electrons. The molecule has 6 heteroatoms. The predicted molar refractivity (Wildman–Crippen MR) is 67.0 cm³/mol. The van der Waals surface area contributed by atoms with E-state index in [4.69, 9.17) is 25.1 Å². The van der Waals surface area contributed by atoms with Crippen molar-refractivity contribution in [3.8, 4) is 0 Å². The SMILES string of the molecule is CCOC(COC/C(N)=C(/CC)C(=O)O)OCC. The number of aliphatic carboxylic acids is 1. The molecule has 0 aromatic rings. The summed E-state index contributed by atoms with van der Waals surface area (Å²) < 4.78 is 15.9. The van der Waals surface area contributed by atoms with Gasteiger partial charge in [0.25, 0.3) is 0 Å². The van der Waals surface area contributed by atoms with Gasteiger partial charge in [-0.3, -0.25) is 0 Å². The highest BCUT2D eigenvalue weighted by molar-refractivity contribution is 5.87. The quantitative estimate of drug-likeness (QED) is 0.452. The molecular weight excluding hydrogens is 238 g/mol. The van der Waals surface area contributed by atoms with E-state index in [1.807, 2.05) is 13.8 Å². The summed E-state index contributed by atoms with van der Waals surface area (Å²) >= 11 is 0. The number of ether oxygens (including phenoxy) is 3. The molecule has 0 atom stereocenters. The Morgan fingerprint density at radius 3 is 2.17 bits per heavy atom. The van der Waals surface area contributed by atoms with E-state index in [-0.39, 0.29) is 24.5 Å². The van der Waals surface area contributed by atoms with Gasteiger partial charge in [0.05, 0.1) is 18.8 Å². The van der Waals surface area contributed by atoms with Crippen LogP contribution in [0.5, 0.6) is 0 Å². The van der Waals surface area contributed by atoms with Crippen LogP contribution in [0.25, 0.3) is 0 Å². The minimum Gasteiger partial charge on any atom is -0.478 e. The monoisotopic (exact) mass is 261 g/mol. The van der Waals surface area contributed by atoms with Crippen LogP contribution < -0.4 is 5.73 Å². The van der Waals surface area contributed by atoms with Crippen molar-refractivity contribution in [2.75, 3.05) is 26.4 Å². The second-order valence-corrected chi connectivity index (χ2v) is 3.52. The van der Waals surface area contributed by atoms with Crippen LogP contribution in [-0.2, 0) is 19.0 Å². The van der Waals surface area contributed by atoms with Gasteiger partial charge in [0.1, 0.15) is 0 Å². The van der Waals surface area contributed by atoms with Crippen molar-refractivity contribution >= 4 is 5.97 Å². The molecule has 0 spiro atoms. The Morgan fingerprint density at radius 1 is 1.22 bits per heavy atom. The Morgan fingerprint density at radius 2 is 1.78 bits per heavy atom. The number of carbonyl (C=O) groups is 1. The fraction of sp³-hybridized carbons (Fsp3) is 0.750. The lowest BCUT2D eigenvalue weighted by Gasteiger charge is -2.17. The molecule has 3 N–H and O–H groups in total. The maximum Gasteiger partial charge on any atom is 0.333 e. The molecule has 0 rings (SSSR count). The van der Waals surface area contributed by atoms with Crippen molar-refractivity contribution in [2.45, 2.75) is 33.5 Å². The molecule has 0 fully saturated rings. The highest BCUT2D eigenvalue weighted by Gasteiger charge is 2.12. The summed E-state index contributed by atoms with van der Waals surface area (Å²) in [5.74, 6) is -1.01. The fourth-order valence-corrected chi connectivity index (χ4v) is 1.38. The molecule has 0 unspecified atom stereocenters. The number of hydrogen-bond donors (Lipinski definition) is 2.